The summed E-state index contributed by atoms with van der Waals surface area (Å²) in [5.74, 6) is -0.630. The lowest BCUT2D eigenvalue weighted by atomic mass is 10.2. The summed E-state index contributed by atoms with van der Waals surface area (Å²) < 4.78 is 13.8. The van der Waals surface area contributed by atoms with Gasteiger partial charge in [-0.05, 0) is 42.5 Å². The van der Waals surface area contributed by atoms with Crippen LogP contribution in [0.3, 0.4) is 0 Å². The molecule has 2 aromatic carbocycles. The van der Waals surface area contributed by atoms with Crippen molar-refractivity contribution < 1.29 is 9.18 Å². The molecule has 3 nitrogen and oxygen atoms in total. The van der Waals surface area contributed by atoms with Gasteiger partial charge in [0, 0.05) is 11.3 Å². The number of aromatic nitrogens is 1. The van der Waals surface area contributed by atoms with E-state index in [2.05, 4.69) is 10.3 Å². The first-order valence-corrected chi connectivity index (χ1v) is 6.50. The molecule has 19 heavy (non-hydrogen) atoms. The van der Waals surface area contributed by atoms with Crippen molar-refractivity contribution in [3.8, 4) is 0 Å². The van der Waals surface area contributed by atoms with E-state index >= 15 is 0 Å². The minimum Gasteiger partial charge on any atom is -0.322 e. The predicted octanol–water partition coefficient (Wildman–Crippen LogP) is 3.69. The predicted molar refractivity (Wildman–Crippen MR) is 74.0 cm³/mol. The Hall–Kier alpha value is -2.27. The molecule has 1 aromatic heterocycles. The minimum absolute atomic E-state index is 0.269. The Morgan fingerprint density at radius 1 is 1.16 bits per heavy atom. The third kappa shape index (κ3) is 2.46. The monoisotopic (exact) mass is 272 g/mol. The van der Waals surface area contributed by atoms with Crippen molar-refractivity contribution in [2.75, 3.05) is 5.32 Å². The minimum atomic E-state index is -0.361. The number of hydrogen-bond donors (Lipinski definition) is 1. The zero-order valence-electron chi connectivity index (χ0n) is 9.76. The number of thiazole rings is 1. The smallest absolute Gasteiger partial charge is 0.255 e. The van der Waals surface area contributed by atoms with Crippen molar-refractivity contribution in [2.45, 2.75) is 0 Å². The van der Waals surface area contributed by atoms with Crippen LogP contribution in [0.4, 0.5) is 10.1 Å². The molecular weight excluding hydrogens is 263 g/mol. The normalized spacial score (nSPS) is 10.6. The number of amides is 1. The van der Waals surface area contributed by atoms with Gasteiger partial charge in [0.1, 0.15) is 5.82 Å². The van der Waals surface area contributed by atoms with Crippen LogP contribution >= 0.6 is 11.3 Å². The van der Waals surface area contributed by atoms with E-state index in [-0.39, 0.29) is 11.7 Å². The average molecular weight is 272 g/mol. The molecule has 0 bridgehead atoms. The number of carbonyl (C=O) groups excluding carboxylic acids is 1. The molecule has 1 N–H and O–H groups in total. The molecule has 0 aliphatic carbocycles. The summed E-state index contributed by atoms with van der Waals surface area (Å²) in [4.78, 5) is 16.1. The fraction of sp³-hybridized carbons (Fsp3) is 0. The van der Waals surface area contributed by atoms with Crippen molar-refractivity contribution >= 4 is 33.1 Å². The standard InChI is InChI=1S/C14H9FN2OS/c15-10-3-1-9(2-4-10)14(18)17-11-5-6-13-12(7-11)16-8-19-13/h1-8H,(H,17,18). The van der Waals surface area contributed by atoms with E-state index in [1.54, 1.807) is 16.8 Å². The maximum atomic E-state index is 12.8. The summed E-state index contributed by atoms with van der Waals surface area (Å²) in [7, 11) is 0. The second-order valence-corrected chi connectivity index (χ2v) is 4.88. The molecule has 0 spiro atoms. The molecule has 0 unspecified atom stereocenters. The van der Waals surface area contributed by atoms with Gasteiger partial charge in [0.15, 0.2) is 0 Å². The third-order valence-electron chi connectivity index (χ3n) is 2.69. The van der Waals surface area contributed by atoms with Crippen LogP contribution in [0.5, 0.6) is 0 Å². The molecule has 3 aromatic rings. The topological polar surface area (TPSA) is 42.0 Å². The first-order chi connectivity index (χ1) is 9.22. The highest BCUT2D eigenvalue weighted by molar-refractivity contribution is 7.16. The van der Waals surface area contributed by atoms with Crippen molar-refractivity contribution in [3.05, 3.63) is 59.4 Å². The van der Waals surface area contributed by atoms with Crippen LogP contribution in [0.15, 0.2) is 48.0 Å². The number of carbonyl (C=O) groups is 1. The van der Waals surface area contributed by atoms with Crippen molar-refractivity contribution in [1.82, 2.24) is 4.98 Å². The zero-order chi connectivity index (χ0) is 13.2. The van der Waals surface area contributed by atoms with Crippen molar-refractivity contribution in [1.29, 1.82) is 0 Å². The molecule has 0 saturated heterocycles. The van der Waals surface area contributed by atoms with Crippen LogP contribution < -0.4 is 5.32 Å². The molecule has 0 aliphatic rings. The first-order valence-electron chi connectivity index (χ1n) is 5.62. The highest BCUT2D eigenvalue weighted by Gasteiger charge is 2.07. The van der Waals surface area contributed by atoms with Gasteiger partial charge in [-0.3, -0.25) is 4.79 Å². The van der Waals surface area contributed by atoms with Gasteiger partial charge in [0.25, 0.3) is 5.91 Å². The van der Waals surface area contributed by atoms with Gasteiger partial charge >= 0.3 is 0 Å². The number of nitrogens with one attached hydrogen (secondary N) is 1. The maximum absolute atomic E-state index is 12.8. The highest BCUT2D eigenvalue weighted by Crippen LogP contribution is 2.21. The van der Waals surface area contributed by atoms with Gasteiger partial charge in [-0.25, -0.2) is 9.37 Å². The van der Waals surface area contributed by atoms with Crippen LogP contribution in [0.1, 0.15) is 10.4 Å². The van der Waals surface area contributed by atoms with Crippen LogP contribution in [0.25, 0.3) is 10.2 Å². The molecule has 0 radical (unpaired) electrons. The van der Waals surface area contributed by atoms with Crippen LogP contribution in [0.2, 0.25) is 0 Å². The molecule has 1 heterocycles. The number of fused-ring (bicyclic) bond motifs is 1. The summed E-state index contributed by atoms with van der Waals surface area (Å²) in [6, 6.07) is 11.0. The summed E-state index contributed by atoms with van der Waals surface area (Å²) in [6.07, 6.45) is 0. The number of nitrogens with zero attached hydrogens (tertiary/aromatic N) is 1. The summed E-state index contributed by atoms with van der Waals surface area (Å²) in [5.41, 5.74) is 3.70. The van der Waals surface area contributed by atoms with Gasteiger partial charge in [0.2, 0.25) is 0 Å². The number of halogens is 1. The first kappa shape index (κ1) is 11.8. The van der Waals surface area contributed by atoms with Crippen LogP contribution in [-0.4, -0.2) is 10.9 Å². The quantitative estimate of drug-likeness (QED) is 0.773. The molecule has 1 amide bonds. The lowest BCUT2D eigenvalue weighted by Crippen LogP contribution is -2.11. The SMILES string of the molecule is O=C(Nc1ccc2scnc2c1)c1ccc(F)cc1. The van der Waals surface area contributed by atoms with Crippen LogP contribution in [0, 0.1) is 5.82 Å². The second kappa shape index (κ2) is 4.78. The summed E-state index contributed by atoms with van der Waals surface area (Å²) in [6.45, 7) is 0. The lowest BCUT2D eigenvalue weighted by Gasteiger charge is -2.05. The van der Waals surface area contributed by atoms with Gasteiger partial charge in [-0.1, -0.05) is 0 Å². The van der Waals surface area contributed by atoms with Gasteiger partial charge in [-0.2, -0.15) is 0 Å². The third-order valence-corrected chi connectivity index (χ3v) is 3.50. The highest BCUT2D eigenvalue weighted by atomic mass is 32.1. The Balaban J connectivity index is 1.83. The second-order valence-electron chi connectivity index (χ2n) is 4.00. The fourth-order valence-corrected chi connectivity index (χ4v) is 2.40. The Morgan fingerprint density at radius 3 is 2.74 bits per heavy atom. The van der Waals surface area contributed by atoms with E-state index < -0.39 is 0 Å². The number of benzene rings is 2. The van der Waals surface area contributed by atoms with E-state index in [9.17, 15) is 9.18 Å². The van der Waals surface area contributed by atoms with E-state index in [1.807, 2.05) is 18.2 Å². The van der Waals surface area contributed by atoms with E-state index in [0.717, 1.165) is 10.2 Å². The molecule has 94 valence electrons. The van der Waals surface area contributed by atoms with E-state index in [4.69, 9.17) is 0 Å². The molecule has 0 atom stereocenters. The largest absolute Gasteiger partial charge is 0.322 e. The van der Waals surface area contributed by atoms with Gasteiger partial charge in [-0.15, -0.1) is 11.3 Å². The Bertz CT molecular complexity index is 737. The molecule has 0 fully saturated rings. The Morgan fingerprint density at radius 2 is 1.95 bits per heavy atom. The molecule has 3 rings (SSSR count). The molecule has 0 aliphatic heterocycles. The summed E-state index contributed by atoms with van der Waals surface area (Å²) in [5, 5.41) is 2.76. The van der Waals surface area contributed by atoms with Crippen LogP contribution in [-0.2, 0) is 0 Å². The number of anilines is 1. The molecular formula is C14H9FN2OS. The Kier molecular flexibility index (Phi) is 2.97. The molecule has 0 saturated carbocycles. The zero-order valence-corrected chi connectivity index (χ0v) is 10.6. The lowest BCUT2D eigenvalue weighted by molar-refractivity contribution is 0.102. The van der Waals surface area contributed by atoms with E-state index in [0.29, 0.717) is 11.3 Å². The number of hydrogen-bond acceptors (Lipinski definition) is 3. The van der Waals surface area contributed by atoms with Gasteiger partial charge in [0.05, 0.1) is 15.7 Å². The van der Waals surface area contributed by atoms with Gasteiger partial charge < -0.3 is 5.32 Å². The van der Waals surface area contributed by atoms with E-state index in [1.165, 1.54) is 24.3 Å². The number of rotatable bonds is 2. The van der Waals surface area contributed by atoms with Crippen molar-refractivity contribution in [2.24, 2.45) is 0 Å². The average Bonchev–Trinajstić information content (AvgIpc) is 2.87. The summed E-state index contributed by atoms with van der Waals surface area (Å²) >= 11 is 1.55. The maximum Gasteiger partial charge on any atom is 0.255 e. The molecule has 5 heteroatoms. The fourth-order valence-electron chi connectivity index (χ4n) is 1.74. The Labute approximate surface area is 112 Å². The van der Waals surface area contributed by atoms with Crippen molar-refractivity contribution in [3.63, 3.8) is 0 Å².